The molecule has 0 unspecified atom stereocenters. The number of hydrogen-bond acceptors (Lipinski definition) is 3. The molecule has 5 heteroatoms. The van der Waals surface area contributed by atoms with Gasteiger partial charge in [-0.05, 0) is 37.1 Å². The summed E-state index contributed by atoms with van der Waals surface area (Å²) in [5.41, 5.74) is 1.91. The van der Waals surface area contributed by atoms with Gasteiger partial charge in [-0.15, -0.1) is 0 Å². The summed E-state index contributed by atoms with van der Waals surface area (Å²) >= 11 is 0. The van der Waals surface area contributed by atoms with Gasteiger partial charge in [0.2, 0.25) is 0 Å². The molecule has 2 rings (SSSR count). The average Bonchev–Trinajstić information content (AvgIpc) is 2.55. The number of hydrogen-bond donors (Lipinski definition) is 1. The molecule has 4 nitrogen and oxygen atoms in total. The molecule has 0 aliphatic heterocycles. The van der Waals surface area contributed by atoms with Crippen LogP contribution in [0.15, 0.2) is 36.4 Å². The normalized spacial score (nSPS) is 10.3. The molecular weight excluding hydrogens is 297 g/mol. The largest absolute Gasteiger partial charge is 0.496 e. The number of carbonyl (C=O) groups excluding carboxylic acids is 1. The smallest absolute Gasteiger partial charge is 0.254 e. The third-order valence-electron chi connectivity index (χ3n) is 3.66. The third-order valence-corrected chi connectivity index (χ3v) is 3.66. The van der Waals surface area contributed by atoms with Crippen molar-refractivity contribution in [3.8, 4) is 11.5 Å². The van der Waals surface area contributed by atoms with E-state index in [0.29, 0.717) is 13.0 Å². The van der Waals surface area contributed by atoms with Crippen LogP contribution in [0.5, 0.6) is 11.5 Å². The number of ether oxygens (including phenoxy) is 2. The van der Waals surface area contributed by atoms with E-state index in [1.54, 1.807) is 26.4 Å². The zero-order valence-corrected chi connectivity index (χ0v) is 13.5. The second-order valence-electron chi connectivity index (χ2n) is 5.07. The predicted octanol–water partition coefficient (Wildman–Crippen LogP) is 3.12. The molecule has 0 saturated carbocycles. The Morgan fingerprint density at radius 2 is 1.87 bits per heavy atom. The number of rotatable bonds is 6. The minimum atomic E-state index is -0.525. The second-order valence-corrected chi connectivity index (χ2v) is 5.07. The van der Waals surface area contributed by atoms with Crippen molar-refractivity contribution in [2.24, 2.45) is 0 Å². The summed E-state index contributed by atoms with van der Waals surface area (Å²) in [6.45, 7) is 2.30. The van der Waals surface area contributed by atoms with E-state index in [0.717, 1.165) is 22.6 Å². The van der Waals surface area contributed by atoms with Gasteiger partial charge in [0, 0.05) is 12.1 Å². The van der Waals surface area contributed by atoms with E-state index in [9.17, 15) is 9.18 Å². The summed E-state index contributed by atoms with van der Waals surface area (Å²) in [5, 5.41) is 2.72. The second kappa shape index (κ2) is 7.63. The molecule has 0 aliphatic rings. The van der Waals surface area contributed by atoms with Crippen molar-refractivity contribution < 1.29 is 18.7 Å². The molecule has 0 heterocycles. The van der Waals surface area contributed by atoms with Crippen LogP contribution in [0.25, 0.3) is 0 Å². The lowest BCUT2D eigenvalue weighted by Crippen LogP contribution is -2.26. The molecule has 2 aromatic carbocycles. The lowest BCUT2D eigenvalue weighted by molar-refractivity contribution is 0.0950. The number of methoxy groups -OCH3 is 2. The number of carbonyl (C=O) groups is 1. The molecule has 0 radical (unpaired) electrons. The predicted molar refractivity (Wildman–Crippen MR) is 86.7 cm³/mol. The molecule has 2 aromatic rings. The highest BCUT2D eigenvalue weighted by Gasteiger charge is 2.13. The topological polar surface area (TPSA) is 47.6 Å². The third kappa shape index (κ3) is 3.80. The SMILES string of the molecule is COc1ccc(CCNC(=O)c2ccccc2F)c(OC)c1C. The van der Waals surface area contributed by atoms with Crippen molar-refractivity contribution in [3.05, 3.63) is 58.9 Å². The molecule has 0 fully saturated rings. The van der Waals surface area contributed by atoms with Crippen molar-refractivity contribution in [3.63, 3.8) is 0 Å². The van der Waals surface area contributed by atoms with Crippen molar-refractivity contribution in [1.82, 2.24) is 5.32 Å². The molecule has 23 heavy (non-hydrogen) atoms. The standard InChI is InChI=1S/C18H20FNO3/c1-12-16(22-2)9-8-13(17(12)23-3)10-11-20-18(21)14-6-4-5-7-15(14)19/h4-9H,10-11H2,1-3H3,(H,20,21). The fourth-order valence-electron chi connectivity index (χ4n) is 2.48. The zero-order chi connectivity index (χ0) is 16.8. The monoisotopic (exact) mass is 317 g/mol. The maximum absolute atomic E-state index is 13.6. The summed E-state index contributed by atoms with van der Waals surface area (Å²) in [5.74, 6) is 0.542. The number of amides is 1. The first-order chi connectivity index (χ1) is 11.1. The van der Waals surface area contributed by atoms with Crippen molar-refractivity contribution >= 4 is 5.91 Å². The summed E-state index contributed by atoms with van der Waals surface area (Å²) in [7, 11) is 3.21. The first-order valence-electron chi connectivity index (χ1n) is 7.31. The van der Waals surface area contributed by atoms with Crippen LogP contribution < -0.4 is 14.8 Å². The molecule has 0 spiro atoms. The van der Waals surface area contributed by atoms with Gasteiger partial charge in [0.1, 0.15) is 17.3 Å². The highest BCUT2D eigenvalue weighted by molar-refractivity contribution is 5.94. The maximum atomic E-state index is 13.6. The maximum Gasteiger partial charge on any atom is 0.254 e. The zero-order valence-electron chi connectivity index (χ0n) is 13.5. The minimum Gasteiger partial charge on any atom is -0.496 e. The van der Waals surface area contributed by atoms with Gasteiger partial charge in [0.15, 0.2) is 0 Å². The van der Waals surface area contributed by atoms with E-state index in [2.05, 4.69) is 5.32 Å². The number of benzene rings is 2. The Kier molecular flexibility index (Phi) is 5.57. The van der Waals surface area contributed by atoms with Crippen LogP contribution in [0.4, 0.5) is 4.39 Å². The number of nitrogens with one attached hydrogen (secondary N) is 1. The first kappa shape index (κ1) is 16.8. The number of halogens is 1. The van der Waals surface area contributed by atoms with Crippen molar-refractivity contribution in [2.75, 3.05) is 20.8 Å². The molecule has 0 aliphatic carbocycles. The molecule has 1 amide bonds. The summed E-state index contributed by atoms with van der Waals surface area (Å²) in [6.07, 6.45) is 0.578. The van der Waals surface area contributed by atoms with Gasteiger partial charge in [0.25, 0.3) is 5.91 Å². The fourth-order valence-corrected chi connectivity index (χ4v) is 2.48. The van der Waals surface area contributed by atoms with Crippen LogP contribution >= 0.6 is 0 Å². The van der Waals surface area contributed by atoms with Gasteiger partial charge in [-0.1, -0.05) is 18.2 Å². The highest BCUT2D eigenvalue weighted by atomic mass is 19.1. The molecule has 1 N–H and O–H groups in total. The summed E-state index contributed by atoms with van der Waals surface area (Å²) in [4.78, 5) is 12.0. The molecule has 0 bridgehead atoms. The van der Waals surface area contributed by atoms with E-state index in [1.807, 2.05) is 19.1 Å². The Morgan fingerprint density at radius 3 is 2.52 bits per heavy atom. The van der Waals surface area contributed by atoms with Gasteiger partial charge in [-0.3, -0.25) is 4.79 Å². The molecule has 0 atom stereocenters. The van der Waals surface area contributed by atoms with Crippen LogP contribution in [0.1, 0.15) is 21.5 Å². The average molecular weight is 317 g/mol. The quantitative estimate of drug-likeness (QED) is 0.890. The summed E-state index contributed by atoms with van der Waals surface area (Å²) in [6, 6.07) is 9.68. The Morgan fingerprint density at radius 1 is 1.13 bits per heavy atom. The van der Waals surface area contributed by atoms with Crippen LogP contribution in [-0.4, -0.2) is 26.7 Å². The molecule has 0 aromatic heterocycles. The van der Waals surface area contributed by atoms with Crippen LogP contribution in [-0.2, 0) is 6.42 Å². The lowest BCUT2D eigenvalue weighted by Gasteiger charge is -2.14. The Bertz CT molecular complexity index is 701. The Labute approximate surface area is 135 Å². The van der Waals surface area contributed by atoms with Crippen LogP contribution in [0.3, 0.4) is 0 Å². The van der Waals surface area contributed by atoms with Gasteiger partial charge in [0.05, 0.1) is 19.8 Å². The van der Waals surface area contributed by atoms with Gasteiger partial charge in [-0.25, -0.2) is 4.39 Å². The van der Waals surface area contributed by atoms with E-state index in [1.165, 1.54) is 12.1 Å². The van der Waals surface area contributed by atoms with Crippen LogP contribution in [0.2, 0.25) is 0 Å². The van der Waals surface area contributed by atoms with E-state index in [-0.39, 0.29) is 5.56 Å². The van der Waals surface area contributed by atoms with Crippen molar-refractivity contribution in [1.29, 1.82) is 0 Å². The van der Waals surface area contributed by atoms with E-state index in [4.69, 9.17) is 9.47 Å². The summed E-state index contributed by atoms with van der Waals surface area (Å²) < 4.78 is 24.2. The Balaban J connectivity index is 2.03. The minimum absolute atomic E-state index is 0.0466. The molecule has 0 saturated heterocycles. The first-order valence-corrected chi connectivity index (χ1v) is 7.31. The van der Waals surface area contributed by atoms with Gasteiger partial charge >= 0.3 is 0 Å². The van der Waals surface area contributed by atoms with Crippen LogP contribution in [0, 0.1) is 12.7 Å². The Hall–Kier alpha value is -2.56. The molecule has 122 valence electrons. The van der Waals surface area contributed by atoms with E-state index >= 15 is 0 Å². The highest BCUT2D eigenvalue weighted by Crippen LogP contribution is 2.31. The lowest BCUT2D eigenvalue weighted by atomic mass is 10.1. The van der Waals surface area contributed by atoms with Gasteiger partial charge < -0.3 is 14.8 Å². The van der Waals surface area contributed by atoms with Crippen molar-refractivity contribution in [2.45, 2.75) is 13.3 Å². The van der Waals surface area contributed by atoms with Gasteiger partial charge in [-0.2, -0.15) is 0 Å². The van der Waals surface area contributed by atoms with E-state index < -0.39 is 11.7 Å². The fraction of sp³-hybridized carbons (Fsp3) is 0.278. The molecular formula is C18H20FNO3.